The van der Waals surface area contributed by atoms with Gasteiger partial charge >= 0.3 is 6.09 Å². The summed E-state index contributed by atoms with van der Waals surface area (Å²) in [6.45, 7) is 9.44. The minimum atomic E-state index is -0.491. The Hall–Kier alpha value is -1.30. The molecule has 0 bridgehead atoms. The van der Waals surface area contributed by atoms with Crippen molar-refractivity contribution in [2.75, 3.05) is 26.2 Å². The first kappa shape index (κ1) is 15.8. The van der Waals surface area contributed by atoms with Gasteiger partial charge in [-0.05, 0) is 27.2 Å². The second kappa shape index (κ2) is 6.23. The molecule has 1 saturated heterocycles. The summed E-state index contributed by atoms with van der Waals surface area (Å²) in [5.74, 6) is -0.0358. The molecule has 0 aromatic heterocycles. The third-order valence-electron chi connectivity index (χ3n) is 3.00. The highest BCUT2D eigenvalue weighted by molar-refractivity contribution is 5.82. The maximum atomic E-state index is 11.9. The zero-order valence-corrected chi connectivity index (χ0v) is 12.3. The van der Waals surface area contributed by atoms with Crippen LogP contribution in [-0.2, 0) is 9.53 Å². The molecule has 1 unspecified atom stereocenters. The third-order valence-corrected chi connectivity index (χ3v) is 3.00. The molecule has 1 atom stereocenters. The number of piperazine rings is 1. The van der Waals surface area contributed by atoms with Crippen molar-refractivity contribution in [1.29, 1.82) is 0 Å². The Kier molecular flexibility index (Phi) is 5.17. The molecule has 0 spiro atoms. The minimum Gasteiger partial charge on any atom is -0.444 e. The van der Waals surface area contributed by atoms with Crippen LogP contribution in [0.25, 0.3) is 0 Å². The minimum absolute atomic E-state index is 0.0358. The number of carbonyl (C=O) groups excluding carboxylic acids is 2. The Morgan fingerprint density at radius 2 is 1.63 bits per heavy atom. The molecule has 0 aliphatic carbocycles. The third kappa shape index (κ3) is 4.70. The molecule has 6 heteroatoms. The Labute approximate surface area is 114 Å². The van der Waals surface area contributed by atoms with E-state index in [0.29, 0.717) is 32.6 Å². The number of amides is 2. The van der Waals surface area contributed by atoms with Crippen molar-refractivity contribution in [1.82, 2.24) is 9.80 Å². The van der Waals surface area contributed by atoms with E-state index >= 15 is 0 Å². The van der Waals surface area contributed by atoms with Crippen molar-refractivity contribution in [3.63, 3.8) is 0 Å². The van der Waals surface area contributed by atoms with Gasteiger partial charge in [0.1, 0.15) is 5.60 Å². The van der Waals surface area contributed by atoms with Crippen LogP contribution in [0.2, 0.25) is 0 Å². The molecule has 1 rings (SSSR count). The van der Waals surface area contributed by atoms with E-state index in [9.17, 15) is 9.59 Å². The van der Waals surface area contributed by atoms with Crippen LogP contribution >= 0.6 is 0 Å². The van der Waals surface area contributed by atoms with E-state index in [0.717, 1.165) is 0 Å². The second-order valence-electron chi connectivity index (χ2n) is 5.81. The molecular formula is C13H25N3O3. The van der Waals surface area contributed by atoms with Crippen molar-refractivity contribution in [3.05, 3.63) is 0 Å². The van der Waals surface area contributed by atoms with Crippen LogP contribution in [-0.4, -0.2) is 59.6 Å². The largest absolute Gasteiger partial charge is 0.444 e. The molecule has 1 fully saturated rings. The first-order valence-electron chi connectivity index (χ1n) is 6.77. The summed E-state index contributed by atoms with van der Waals surface area (Å²) in [4.78, 5) is 27.1. The molecule has 0 aromatic rings. The number of ether oxygens (including phenoxy) is 1. The highest BCUT2D eigenvalue weighted by atomic mass is 16.6. The number of nitrogens with two attached hydrogens (primary N) is 1. The van der Waals surface area contributed by atoms with E-state index in [2.05, 4.69) is 0 Å². The summed E-state index contributed by atoms with van der Waals surface area (Å²) >= 11 is 0. The monoisotopic (exact) mass is 271 g/mol. The van der Waals surface area contributed by atoms with Gasteiger partial charge < -0.3 is 20.3 Å². The summed E-state index contributed by atoms with van der Waals surface area (Å²) in [6, 6.07) is -0.437. The van der Waals surface area contributed by atoms with Crippen molar-refractivity contribution < 1.29 is 14.3 Å². The van der Waals surface area contributed by atoms with E-state index < -0.39 is 11.6 Å². The van der Waals surface area contributed by atoms with Gasteiger partial charge in [-0.25, -0.2) is 4.79 Å². The number of nitrogens with zero attached hydrogens (tertiary/aromatic N) is 2. The summed E-state index contributed by atoms with van der Waals surface area (Å²) < 4.78 is 5.30. The van der Waals surface area contributed by atoms with Crippen LogP contribution < -0.4 is 5.73 Å². The lowest BCUT2D eigenvalue weighted by molar-refractivity contribution is -0.134. The molecule has 0 saturated carbocycles. The fourth-order valence-corrected chi connectivity index (χ4v) is 1.85. The molecule has 110 valence electrons. The van der Waals surface area contributed by atoms with Gasteiger partial charge in [0.05, 0.1) is 6.04 Å². The van der Waals surface area contributed by atoms with Crippen LogP contribution in [0.4, 0.5) is 4.79 Å². The lowest BCUT2D eigenvalue weighted by Gasteiger charge is -2.36. The van der Waals surface area contributed by atoms with Crippen molar-refractivity contribution in [2.24, 2.45) is 5.73 Å². The molecule has 1 aliphatic rings. The quantitative estimate of drug-likeness (QED) is 0.806. The normalized spacial score (nSPS) is 18.2. The number of rotatable bonds is 2. The van der Waals surface area contributed by atoms with Gasteiger partial charge in [0, 0.05) is 26.2 Å². The molecule has 1 aliphatic heterocycles. The molecule has 0 aromatic carbocycles. The Bertz CT molecular complexity index is 331. The lowest BCUT2D eigenvalue weighted by atomic mass is 10.2. The fourth-order valence-electron chi connectivity index (χ4n) is 1.85. The van der Waals surface area contributed by atoms with E-state index in [4.69, 9.17) is 10.5 Å². The van der Waals surface area contributed by atoms with Crippen molar-refractivity contribution in [3.8, 4) is 0 Å². The molecule has 6 nitrogen and oxygen atoms in total. The van der Waals surface area contributed by atoms with Gasteiger partial charge in [-0.15, -0.1) is 0 Å². The summed E-state index contributed by atoms with van der Waals surface area (Å²) in [5, 5.41) is 0. The summed E-state index contributed by atoms with van der Waals surface area (Å²) in [7, 11) is 0. The van der Waals surface area contributed by atoms with Gasteiger partial charge in [-0.3, -0.25) is 4.79 Å². The van der Waals surface area contributed by atoms with Crippen LogP contribution in [0.3, 0.4) is 0 Å². The van der Waals surface area contributed by atoms with Crippen LogP contribution in [0.1, 0.15) is 34.1 Å². The predicted molar refractivity (Wildman–Crippen MR) is 72.7 cm³/mol. The molecule has 2 amide bonds. The maximum Gasteiger partial charge on any atom is 0.410 e. The molecule has 0 radical (unpaired) electrons. The SMILES string of the molecule is CCC(N)C(=O)N1CCN(C(=O)OC(C)(C)C)CC1. The van der Waals surface area contributed by atoms with Crippen molar-refractivity contribution in [2.45, 2.75) is 45.8 Å². The van der Waals surface area contributed by atoms with Gasteiger partial charge in [0.2, 0.25) is 5.91 Å². The first-order chi connectivity index (χ1) is 8.74. The second-order valence-corrected chi connectivity index (χ2v) is 5.81. The Morgan fingerprint density at radius 1 is 1.16 bits per heavy atom. The highest BCUT2D eigenvalue weighted by Gasteiger charge is 2.28. The van der Waals surface area contributed by atoms with Crippen LogP contribution in [0.5, 0.6) is 0 Å². The van der Waals surface area contributed by atoms with Crippen molar-refractivity contribution >= 4 is 12.0 Å². The Balaban J connectivity index is 2.45. The lowest BCUT2D eigenvalue weighted by Crippen LogP contribution is -2.54. The molecule has 19 heavy (non-hydrogen) atoms. The number of carbonyl (C=O) groups is 2. The summed E-state index contributed by atoms with van der Waals surface area (Å²) in [6.07, 6.45) is 0.310. The fraction of sp³-hybridized carbons (Fsp3) is 0.846. The average molecular weight is 271 g/mol. The van der Waals surface area contributed by atoms with E-state index in [1.54, 1.807) is 9.80 Å². The van der Waals surface area contributed by atoms with E-state index in [1.807, 2.05) is 27.7 Å². The van der Waals surface area contributed by atoms with Gasteiger partial charge in [-0.1, -0.05) is 6.92 Å². The van der Waals surface area contributed by atoms with Gasteiger partial charge in [0.25, 0.3) is 0 Å². The smallest absolute Gasteiger partial charge is 0.410 e. The topological polar surface area (TPSA) is 75.9 Å². The average Bonchev–Trinajstić information content (AvgIpc) is 2.35. The molecular weight excluding hydrogens is 246 g/mol. The van der Waals surface area contributed by atoms with E-state index in [1.165, 1.54) is 0 Å². The summed E-state index contributed by atoms with van der Waals surface area (Å²) in [5.41, 5.74) is 5.24. The van der Waals surface area contributed by atoms with Crippen LogP contribution in [0, 0.1) is 0 Å². The number of hydrogen-bond donors (Lipinski definition) is 1. The van der Waals surface area contributed by atoms with E-state index in [-0.39, 0.29) is 12.0 Å². The van der Waals surface area contributed by atoms with Crippen LogP contribution in [0.15, 0.2) is 0 Å². The molecule has 1 heterocycles. The Morgan fingerprint density at radius 3 is 2.05 bits per heavy atom. The predicted octanol–water partition coefficient (Wildman–Crippen LogP) is 0.803. The maximum absolute atomic E-state index is 11.9. The standard InChI is InChI=1S/C13H25N3O3/c1-5-10(14)11(17)15-6-8-16(9-7-15)12(18)19-13(2,3)4/h10H,5-9,14H2,1-4H3. The number of hydrogen-bond acceptors (Lipinski definition) is 4. The first-order valence-corrected chi connectivity index (χ1v) is 6.77. The van der Waals surface area contributed by atoms with Gasteiger partial charge in [0.15, 0.2) is 0 Å². The molecule has 2 N–H and O–H groups in total. The van der Waals surface area contributed by atoms with Gasteiger partial charge in [-0.2, -0.15) is 0 Å². The zero-order valence-electron chi connectivity index (χ0n) is 12.3. The zero-order chi connectivity index (χ0) is 14.6. The highest BCUT2D eigenvalue weighted by Crippen LogP contribution is 2.12.